The van der Waals surface area contributed by atoms with Gasteiger partial charge < -0.3 is 10.6 Å². The fourth-order valence-corrected chi connectivity index (χ4v) is 2.54. The molecule has 1 aromatic carbocycles. The lowest BCUT2D eigenvalue weighted by Gasteiger charge is -2.02. The summed E-state index contributed by atoms with van der Waals surface area (Å²) in [5.41, 5.74) is 1.26. The number of hydrogen-bond donors (Lipinski definition) is 2. The molecule has 0 aliphatic rings. The van der Waals surface area contributed by atoms with Crippen LogP contribution < -0.4 is 10.6 Å². The number of amides is 2. The SMILES string of the molecule is O=C(NCc1cccnc1)c1nnc(C(=O)Nc2ccc(F)cc2)s1. The summed E-state index contributed by atoms with van der Waals surface area (Å²) in [6, 6.07) is 8.91. The summed E-state index contributed by atoms with van der Waals surface area (Å²) in [5.74, 6) is -1.35. The molecule has 0 atom stereocenters. The summed E-state index contributed by atoms with van der Waals surface area (Å²) < 4.78 is 12.9. The van der Waals surface area contributed by atoms with Crippen molar-refractivity contribution >= 4 is 28.8 Å². The number of hydrogen-bond acceptors (Lipinski definition) is 6. The van der Waals surface area contributed by atoms with Crippen molar-refractivity contribution in [3.63, 3.8) is 0 Å². The average Bonchev–Trinajstić information content (AvgIpc) is 3.13. The Balaban J connectivity index is 1.60. The number of nitrogens with zero attached hydrogens (tertiary/aromatic N) is 3. The number of anilines is 1. The van der Waals surface area contributed by atoms with Crippen molar-refractivity contribution in [2.75, 3.05) is 5.32 Å². The Hall–Kier alpha value is -3.20. The van der Waals surface area contributed by atoms with E-state index >= 15 is 0 Å². The van der Waals surface area contributed by atoms with Gasteiger partial charge in [0.15, 0.2) is 0 Å². The molecular weight excluding hydrogens is 345 g/mol. The minimum Gasteiger partial charge on any atom is -0.346 e. The maximum absolute atomic E-state index is 12.9. The number of benzene rings is 1. The van der Waals surface area contributed by atoms with Crippen LogP contribution in [0.5, 0.6) is 0 Å². The number of rotatable bonds is 5. The Bertz CT molecular complexity index is 883. The molecular formula is C16H12FN5O2S. The van der Waals surface area contributed by atoms with Crippen molar-refractivity contribution in [3.05, 3.63) is 70.2 Å². The monoisotopic (exact) mass is 357 g/mol. The first-order chi connectivity index (χ1) is 12.1. The fourth-order valence-electron chi connectivity index (χ4n) is 1.89. The fraction of sp³-hybridized carbons (Fsp3) is 0.0625. The molecule has 3 aromatic rings. The van der Waals surface area contributed by atoms with Gasteiger partial charge in [-0.25, -0.2) is 4.39 Å². The predicted octanol–water partition coefficient (Wildman–Crippen LogP) is 2.25. The summed E-state index contributed by atoms with van der Waals surface area (Å²) in [4.78, 5) is 28.1. The zero-order valence-corrected chi connectivity index (χ0v) is 13.6. The molecule has 0 radical (unpaired) electrons. The first-order valence-electron chi connectivity index (χ1n) is 7.19. The molecule has 25 heavy (non-hydrogen) atoms. The molecule has 0 aliphatic carbocycles. The second kappa shape index (κ2) is 7.58. The van der Waals surface area contributed by atoms with Gasteiger partial charge in [-0.05, 0) is 35.9 Å². The highest BCUT2D eigenvalue weighted by atomic mass is 32.1. The third-order valence-corrected chi connectivity index (χ3v) is 4.01. The largest absolute Gasteiger partial charge is 0.346 e. The van der Waals surface area contributed by atoms with E-state index in [1.54, 1.807) is 18.5 Å². The van der Waals surface area contributed by atoms with Crippen molar-refractivity contribution in [2.24, 2.45) is 0 Å². The van der Waals surface area contributed by atoms with Crippen LogP contribution in [-0.2, 0) is 6.54 Å². The average molecular weight is 357 g/mol. The number of pyridine rings is 1. The van der Waals surface area contributed by atoms with Gasteiger partial charge in [0.25, 0.3) is 11.8 Å². The molecule has 2 heterocycles. The van der Waals surface area contributed by atoms with Gasteiger partial charge in [-0.3, -0.25) is 14.6 Å². The van der Waals surface area contributed by atoms with Crippen LogP contribution in [0.2, 0.25) is 0 Å². The van der Waals surface area contributed by atoms with Crippen LogP contribution in [0.3, 0.4) is 0 Å². The molecule has 0 saturated heterocycles. The van der Waals surface area contributed by atoms with Crippen LogP contribution in [0.25, 0.3) is 0 Å². The summed E-state index contributed by atoms with van der Waals surface area (Å²) >= 11 is 0.871. The second-order valence-electron chi connectivity index (χ2n) is 4.92. The third-order valence-electron chi connectivity index (χ3n) is 3.09. The second-order valence-corrected chi connectivity index (χ2v) is 5.89. The first kappa shape index (κ1) is 16.7. The number of halogens is 1. The van der Waals surface area contributed by atoms with E-state index in [1.807, 2.05) is 6.07 Å². The maximum atomic E-state index is 12.9. The van der Waals surface area contributed by atoms with E-state index in [-0.39, 0.29) is 10.0 Å². The predicted molar refractivity (Wildman–Crippen MR) is 89.7 cm³/mol. The van der Waals surface area contributed by atoms with Crippen LogP contribution in [0.1, 0.15) is 25.2 Å². The third kappa shape index (κ3) is 4.42. The van der Waals surface area contributed by atoms with Gasteiger partial charge in [0.2, 0.25) is 10.0 Å². The number of carbonyl (C=O) groups is 2. The molecule has 9 heteroatoms. The number of nitrogens with one attached hydrogen (secondary N) is 2. The molecule has 126 valence electrons. The van der Waals surface area contributed by atoms with Crippen LogP contribution in [0, 0.1) is 5.82 Å². The molecule has 0 fully saturated rings. The van der Waals surface area contributed by atoms with Crippen LogP contribution in [0.15, 0.2) is 48.8 Å². The Kier molecular flexibility index (Phi) is 5.05. The lowest BCUT2D eigenvalue weighted by Crippen LogP contribution is -2.22. The molecule has 2 N–H and O–H groups in total. The van der Waals surface area contributed by atoms with Gasteiger partial charge >= 0.3 is 0 Å². The summed E-state index contributed by atoms with van der Waals surface area (Å²) in [6.07, 6.45) is 3.28. The van der Waals surface area contributed by atoms with Gasteiger partial charge in [0.05, 0.1) is 0 Å². The van der Waals surface area contributed by atoms with Gasteiger partial charge in [-0.2, -0.15) is 0 Å². The normalized spacial score (nSPS) is 10.3. The molecule has 0 spiro atoms. The Morgan fingerprint density at radius 2 is 1.76 bits per heavy atom. The topological polar surface area (TPSA) is 96.9 Å². The minimum atomic E-state index is -0.518. The van der Waals surface area contributed by atoms with Crippen molar-refractivity contribution in [3.8, 4) is 0 Å². The minimum absolute atomic E-state index is 0.0378. The van der Waals surface area contributed by atoms with E-state index in [4.69, 9.17) is 0 Å². The highest BCUT2D eigenvalue weighted by Gasteiger charge is 2.17. The maximum Gasteiger partial charge on any atom is 0.286 e. The highest BCUT2D eigenvalue weighted by molar-refractivity contribution is 7.15. The van der Waals surface area contributed by atoms with Crippen molar-refractivity contribution < 1.29 is 14.0 Å². The zero-order valence-electron chi connectivity index (χ0n) is 12.8. The molecule has 0 aliphatic heterocycles. The number of aromatic nitrogens is 3. The van der Waals surface area contributed by atoms with Crippen molar-refractivity contribution in [1.82, 2.24) is 20.5 Å². The lowest BCUT2D eigenvalue weighted by atomic mass is 10.3. The molecule has 0 unspecified atom stereocenters. The lowest BCUT2D eigenvalue weighted by molar-refractivity contribution is 0.0948. The Labute approximate surface area is 145 Å². The number of carbonyl (C=O) groups excluding carboxylic acids is 2. The van der Waals surface area contributed by atoms with E-state index in [0.717, 1.165) is 16.9 Å². The molecule has 2 aromatic heterocycles. The summed E-state index contributed by atoms with van der Waals surface area (Å²) in [7, 11) is 0. The van der Waals surface area contributed by atoms with E-state index in [1.165, 1.54) is 24.3 Å². The van der Waals surface area contributed by atoms with Crippen molar-refractivity contribution in [2.45, 2.75) is 6.54 Å². The molecule has 3 rings (SSSR count). The van der Waals surface area contributed by atoms with E-state index < -0.39 is 17.6 Å². The van der Waals surface area contributed by atoms with Gasteiger partial charge in [0, 0.05) is 24.6 Å². The van der Waals surface area contributed by atoms with Crippen LogP contribution >= 0.6 is 11.3 Å². The van der Waals surface area contributed by atoms with Gasteiger partial charge in [-0.1, -0.05) is 17.4 Å². The van der Waals surface area contributed by atoms with Crippen LogP contribution in [-0.4, -0.2) is 27.0 Å². The molecule has 7 nitrogen and oxygen atoms in total. The summed E-state index contributed by atoms with van der Waals surface area (Å²) in [6.45, 7) is 0.295. The standard InChI is InChI=1S/C16H12FN5O2S/c17-11-3-5-12(6-4-11)20-14(24)16-22-21-15(25-16)13(23)19-9-10-2-1-7-18-8-10/h1-8H,9H2,(H,19,23)(H,20,24). The Morgan fingerprint density at radius 1 is 1.04 bits per heavy atom. The van der Waals surface area contributed by atoms with E-state index in [0.29, 0.717) is 12.2 Å². The van der Waals surface area contributed by atoms with E-state index in [2.05, 4.69) is 25.8 Å². The Morgan fingerprint density at radius 3 is 2.44 bits per heavy atom. The van der Waals surface area contributed by atoms with E-state index in [9.17, 15) is 14.0 Å². The van der Waals surface area contributed by atoms with Crippen LogP contribution in [0.4, 0.5) is 10.1 Å². The quantitative estimate of drug-likeness (QED) is 0.730. The molecule has 2 amide bonds. The molecule has 0 bridgehead atoms. The summed E-state index contributed by atoms with van der Waals surface area (Å²) in [5, 5.41) is 12.8. The molecule has 0 saturated carbocycles. The first-order valence-corrected chi connectivity index (χ1v) is 8.01. The zero-order chi connectivity index (χ0) is 17.6. The smallest absolute Gasteiger partial charge is 0.286 e. The van der Waals surface area contributed by atoms with Gasteiger partial charge in [-0.15, -0.1) is 10.2 Å². The van der Waals surface area contributed by atoms with Crippen molar-refractivity contribution in [1.29, 1.82) is 0 Å². The van der Waals surface area contributed by atoms with Gasteiger partial charge in [0.1, 0.15) is 5.82 Å². The highest BCUT2D eigenvalue weighted by Crippen LogP contribution is 2.14.